The third kappa shape index (κ3) is 14.9. The van der Waals surface area contributed by atoms with Gasteiger partial charge in [0.2, 0.25) is 12.3 Å². The van der Waals surface area contributed by atoms with E-state index in [2.05, 4.69) is 20.6 Å². The van der Waals surface area contributed by atoms with Gasteiger partial charge in [0.25, 0.3) is 11.8 Å². The van der Waals surface area contributed by atoms with Crippen molar-refractivity contribution in [2.75, 3.05) is 27.0 Å². The SMILES string of the molecule is [B]OC(=O)[C@H](CC(=O)OCCCC)NC(=O)c1ccc(-c2ccc(C(=O)NCNC(=O)[C@H](CCCCC)[C@@H](CC)N(C=O)OC(=O)c3ccc(OC)cc3C(C)C)o2)cc1OCC. The smallest absolute Gasteiger partial charge is 0.378 e. The van der Waals surface area contributed by atoms with E-state index in [1.165, 1.54) is 37.4 Å². The van der Waals surface area contributed by atoms with Crippen LogP contribution in [0.15, 0.2) is 52.9 Å². The second-order valence-electron chi connectivity index (χ2n) is 14.8. The van der Waals surface area contributed by atoms with E-state index in [4.69, 9.17) is 31.5 Å². The number of nitrogens with zero attached hydrogens (tertiary/aromatic N) is 1. The van der Waals surface area contributed by atoms with Gasteiger partial charge in [-0.05, 0) is 80.1 Å². The van der Waals surface area contributed by atoms with E-state index in [-0.39, 0.29) is 60.6 Å². The number of benzene rings is 2. The molecule has 3 aromatic rings. The number of esters is 1. The minimum absolute atomic E-state index is 0.0280. The normalized spacial score (nSPS) is 12.3. The number of amides is 4. The van der Waals surface area contributed by atoms with E-state index in [9.17, 15) is 33.6 Å². The standard InChI is InChI=1S/C45H59BN4O13/c1-8-12-14-15-32(36(10-3)50(27-51)63-44(56)31-19-17-30(58-7)24-34(31)28(5)6)41(53)47-26-48-43(55)38-21-20-37(61-38)29-16-18-33(39(23-29)59-11-4)42(54)49-35(45(57)62-46)25-40(52)60-22-13-9-2/h16-21,23-24,27-28,32,35-36H,8-15,22,25-26H2,1-7H3,(H,47,53)(H,48,55)(H,49,54)/t32-,35+,36-/m1/s1. The van der Waals surface area contributed by atoms with Crippen molar-refractivity contribution in [2.24, 2.45) is 5.92 Å². The summed E-state index contributed by atoms with van der Waals surface area (Å²) in [7, 11) is 6.58. The number of hydroxylamine groups is 2. The maximum absolute atomic E-state index is 13.7. The molecule has 0 saturated heterocycles. The molecule has 2 aromatic carbocycles. The molecule has 0 aliphatic heterocycles. The number of furan rings is 1. The van der Waals surface area contributed by atoms with Gasteiger partial charge in [-0.2, -0.15) is 5.06 Å². The molecule has 2 radical (unpaired) electrons. The quantitative estimate of drug-likeness (QED) is 0.0202. The van der Waals surface area contributed by atoms with Gasteiger partial charge in [-0.15, -0.1) is 0 Å². The van der Waals surface area contributed by atoms with Crippen LogP contribution in [0.2, 0.25) is 0 Å². The van der Waals surface area contributed by atoms with Crippen molar-refractivity contribution in [3.05, 3.63) is 71.0 Å². The first-order chi connectivity index (χ1) is 30.3. The molecule has 17 nitrogen and oxygen atoms in total. The first-order valence-electron chi connectivity index (χ1n) is 21.2. The molecule has 3 rings (SSSR count). The number of methoxy groups -OCH3 is 1. The zero-order valence-electron chi connectivity index (χ0n) is 37.1. The lowest BCUT2D eigenvalue weighted by atomic mass is 9.90. The zero-order valence-corrected chi connectivity index (χ0v) is 37.1. The Kier molecular flexibility index (Phi) is 21.2. The molecule has 1 aromatic heterocycles. The molecular formula is C45H59BN4O13. The van der Waals surface area contributed by atoms with E-state index in [0.29, 0.717) is 42.5 Å². The molecule has 1 heterocycles. The van der Waals surface area contributed by atoms with Crippen molar-refractivity contribution in [2.45, 2.75) is 111 Å². The van der Waals surface area contributed by atoms with E-state index in [1.807, 2.05) is 27.7 Å². The lowest BCUT2D eigenvalue weighted by molar-refractivity contribution is -0.171. The van der Waals surface area contributed by atoms with Gasteiger partial charge >= 0.3 is 26.0 Å². The molecule has 63 heavy (non-hydrogen) atoms. The predicted octanol–water partition coefficient (Wildman–Crippen LogP) is 5.94. The average molecular weight is 875 g/mol. The Bertz CT molecular complexity index is 2020. The first-order valence-corrected chi connectivity index (χ1v) is 21.2. The molecule has 0 spiro atoms. The van der Waals surface area contributed by atoms with E-state index in [1.54, 1.807) is 32.0 Å². The van der Waals surface area contributed by atoms with Crippen molar-refractivity contribution < 1.29 is 61.7 Å². The number of unbranched alkanes of at least 4 members (excludes halogenated alkanes) is 3. The maximum atomic E-state index is 13.7. The van der Waals surface area contributed by atoms with Crippen LogP contribution in [0.1, 0.15) is 136 Å². The summed E-state index contributed by atoms with van der Waals surface area (Å²) in [5, 5.41) is 8.68. The fourth-order valence-corrected chi connectivity index (χ4v) is 6.65. The van der Waals surface area contributed by atoms with Crippen LogP contribution in [-0.4, -0.2) is 94.2 Å². The summed E-state index contributed by atoms with van der Waals surface area (Å²) < 4.78 is 26.3. The second kappa shape index (κ2) is 26.2. The molecule has 0 aliphatic carbocycles. The van der Waals surface area contributed by atoms with Crippen LogP contribution < -0.4 is 25.4 Å². The highest BCUT2D eigenvalue weighted by molar-refractivity contribution is 6.08. The van der Waals surface area contributed by atoms with Crippen molar-refractivity contribution in [3.63, 3.8) is 0 Å². The summed E-state index contributed by atoms with van der Waals surface area (Å²) in [6.45, 7) is 11.3. The molecule has 0 unspecified atom stereocenters. The summed E-state index contributed by atoms with van der Waals surface area (Å²) in [6.07, 6.45) is 4.36. The zero-order chi connectivity index (χ0) is 46.5. The van der Waals surface area contributed by atoms with Crippen LogP contribution >= 0.6 is 0 Å². The highest BCUT2D eigenvalue weighted by Gasteiger charge is 2.34. The van der Waals surface area contributed by atoms with E-state index >= 15 is 0 Å². The van der Waals surface area contributed by atoms with Crippen molar-refractivity contribution in [1.29, 1.82) is 0 Å². The fraction of sp³-hybridized carbons (Fsp3) is 0.489. The number of hydrogen-bond acceptors (Lipinski definition) is 13. The molecule has 18 heteroatoms. The average Bonchev–Trinajstić information content (AvgIpc) is 3.78. The Hall–Kier alpha value is -6.33. The van der Waals surface area contributed by atoms with Crippen molar-refractivity contribution in [3.8, 4) is 22.8 Å². The third-order valence-electron chi connectivity index (χ3n) is 10.0. The number of ether oxygens (including phenoxy) is 3. The lowest BCUT2D eigenvalue weighted by Crippen LogP contribution is -2.49. The number of carbonyl (C=O) groups excluding carboxylic acids is 7. The van der Waals surface area contributed by atoms with Crippen LogP contribution in [-0.2, 0) is 33.4 Å². The van der Waals surface area contributed by atoms with Crippen LogP contribution in [0, 0.1) is 5.92 Å². The van der Waals surface area contributed by atoms with Gasteiger partial charge in [0, 0.05) is 5.56 Å². The van der Waals surface area contributed by atoms with Gasteiger partial charge < -0.3 is 44.1 Å². The fourth-order valence-electron chi connectivity index (χ4n) is 6.65. The van der Waals surface area contributed by atoms with Crippen LogP contribution in [0.4, 0.5) is 0 Å². The molecule has 3 atom stereocenters. The van der Waals surface area contributed by atoms with E-state index < -0.39 is 60.1 Å². The highest BCUT2D eigenvalue weighted by atomic mass is 16.7. The Morgan fingerprint density at radius 1 is 0.873 bits per heavy atom. The molecule has 3 N–H and O–H groups in total. The summed E-state index contributed by atoms with van der Waals surface area (Å²) in [6, 6.07) is 10.1. The summed E-state index contributed by atoms with van der Waals surface area (Å²) in [4.78, 5) is 96.3. The summed E-state index contributed by atoms with van der Waals surface area (Å²) in [5.41, 5.74) is 1.40. The number of rotatable bonds is 27. The highest BCUT2D eigenvalue weighted by Crippen LogP contribution is 2.30. The predicted molar refractivity (Wildman–Crippen MR) is 231 cm³/mol. The first kappa shape index (κ1) is 51.0. The molecular weight excluding hydrogens is 815 g/mol. The van der Waals surface area contributed by atoms with Gasteiger partial charge in [-0.25, -0.2) is 4.79 Å². The Morgan fingerprint density at radius 3 is 2.24 bits per heavy atom. The minimum Gasteiger partial charge on any atom is -0.542 e. The van der Waals surface area contributed by atoms with Crippen molar-refractivity contribution >= 4 is 50.1 Å². The topological polar surface area (TPSA) is 218 Å². The third-order valence-corrected chi connectivity index (χ3v) is 10.0. The van der Waals surface area contributed by atoms with Gasteiger partial charge in [0.15, 0.2) is 5.76 Å². The maximum Gasteiger partial charge on any atom is 0.378 e. The monoisotopic (exact) mass is 874 g/mol. The molecule has 0 fully saturated rings. The Balaban J connectivity index is 1.72. The van der Waals surface area contributed by atoms with E-state index in [0.717, 1.165) is 24.3 Å². The minimum atomic E-state index is -1.43. The van der Waals surface area contributed by atoms with Crippen LogP contribution in [0.5, 0.6) is 11.5 Å². The number of nitrogens with one attached hydrogen (secondary N) is 3. The van der Waals surface area contributed by atoms with Gasteiger partial charge in [-0.1, -0.05) is 66.4 Å². The summed E-state index contributed by atoms with van der Waals surface area (Å²) >= 11 is 0. The molecule has 0 bridgehead atoms. The molecule has 0 aliphatic rings. The van der Waals surface area contributed by atoms with Crippen LogP contribution in [0.25, 0.3) is 11.3 Å². The summed E-state index contributed by atoms with van der Waals surface area (Å²) in [5.74, 6) is -4.38. The number of carbonyl (C=O) groups is 7. The number of hydrogen-bond donors (Lipinski definition) is 3. The largest absolute Gasteiger partial charge is 0.542 e. The van der Waals surface area contributed by atoms with Gasteiger partial charge in [0.1, 0.15) is 23.3 Å². The van der Waals surface area contributed by atoms with Gasteiger partial charge in [0.05, 0.1) is 56.5 Å². The molecule has 4 amide bonds. The molecule has 0 saturated carbocycles. The Morgan fingerprint density at radius 2 is 1.60 bits per heavy atom. The molecule has 340 valence electrons. The van der Waals surface area contributed by atoms with Crippen molar-refractivity contribution in [1.82, 2.24) is 21.0 Å². The lowest BCUT2D eigenvalue weighted by Gasteiger charge is -2.32. The van der Waals surface area contributed by atoms with Gasteiger partial charge in [-0.3, -0.25) is 28.8 Å². The Labute approximate surface area is 369 Å². The van der Waals surface area contributed by atoms with Crippen LogP contribution in [0.3, 0.4) is 0 Å². The second-order valence-corrected chi connectivity index (χ2v) is 14.8.